The standard InChI is InChI=1S/C19H13ClN2O3/c1-10(23)25-9-16-18-17(12-4-2-3-5-14(12)21-16)13-8-11(20)6-7-15(13)22-19(18)24/h2-8H,9H2,1H3,(H,22,24). The van der Waals surface area contributed by atoms with Crippen LogP contribution in [0.2, 0.25) is 5.02 Å². The van der Waals surface area contributed by atoms with E-state index in [1.54, 1.807) is 12.1 Å². The van der Waals surface area contributed by atoms with Crippen LogP contribution < -0.4 is 5.56 Å². The van der Waals surface area contributed by atoms with Crippen LogP contribution in [0.5, 0.6) is 0 Å². The maximum atomic E-state index is 12.7. The predicted octanol–water partition coefficient (Wildman–Crippen LogP) is 3.95. The van der Waals surface area contributed by atoms with Gasteiger partial charge >= 0.3 is 5.97 Å². The molecular formula is C19H13ClN2O3. The van der Waals surface area contributed by atoms with E-state index in [1.807, 2.05) is 30.3 Å². The van der Waals surface area contributed by atoms with Gasteiger partial charge in [-0.05, 0) is 24.3 Å². The number of pyridine rings is 2. The molecule has 2 aromatic carbocycles. The summed E-state index contributed by atoms with van der Waals surface area (Å²) >= 11 is 6.18. The predicted molar refractivity (Wildman–Crippen MR) is 97.9 cm³/mol. The second-order valence-electron chi connectivity index (χ2n) is 5.75. The number of rotatable bonds is 2. The minimum Gasteiger partial charge on any atom is -0.459 e. The Bertz CT molecular complexity index is 1210. The average Bonchev–Trinajstić information content (AvgIpc) is 2.59. The van der Waals surface area contributed by atoms with E-state index >= 15 is 0 Å². The zero-order valence-electron chi connectivity index (χ0n) is 13.3. The summed E-state index contributed by atoms with van der Waals surface area (Å²) in [5.41, 5.74) is 1.57. The summed E-state index contributed by atoms with van der Waals surface area (Å²) < 4.78 is 5.10. The highest BCUT2D eigenvalue weighted by Crippen LogP contribution is 2.31. The molecule has 4 rings (SSSR count). The number of H-pyrrole nitrogens is 1. The van der Waals surface area contributed by atoms with Crippen molar-refractivity contribution < 1.29 is 9.53 Å². The van der Waals surface area contributed by atoms with Crippen molar-refractivity contribution in [2.24, 2.45) is 0 Å². The molecule has 2 aromatic heterocycles. The third-order valence-corrected chi connectivity index (χ3v) is 4.34. The molecule has 0 aliphatic heterocycles. The lowest BCUT2D eigenvalue weighted by molar-refractivity contribution is -0.142. The van der Waals surface area contributed by atoms with E-state index in [4.69, 9.17) is 16.3 Å². The van der Waals surface area contributed by atoms with Gasteiger partial charge < -0.3 is 9.72 Å². The minimum atomic E-state index is -0.427. The van der Waals surface area contributed by atoms with Crippen molar-refractivity contribution in [1.29, 1.82) is 0 Å². The normalized spacial score (nSPS) is 11.3. The van der Waals surface area contributed by atoms with Gasteiger partial charge in [0.15, 0.2) is 0 Å². The lowest BCUT2D eigenvalue weighted by atomic mass is 10.0. The highest BCUT2D eigenvalue weighted by atomic mass is 35.5. The number of aromatic amines is 1. The highest BCUT2D eigenvalue weighted by Gasteiger charge is 2.16. The number of esters is 1. The van der Waals surface area contributed by atoms with Gasteiger partial charge in [0.1, 0.15) is 6.61 Å². The van der Waals surface area contributed by atoms with Crippen LogP contribution in [-0.2, 0) is 16.1 Å². The SMILES string of the molecule is CC(=O)OCc1nc2ccccc2c2c1c(=O)[nH]c1ccc(Cl)cc12. The first-order valence-electron chi connectivity index (χ1n) is 7.71. The first kappa shape index (κ1) is 15.6. The van der Waals surface area contributed by atoms with Gasteiger partial charge in [-0.2, -0.15) is 0 Å². The average molecular weight is 353 g/mol. The monoisotopic (exact) mass is 352 g/mol. The number of fused-ring (bicyclic) bond motifs is 5. The highest BCUT2D eigenvalue weighted by molar-refractivity contribution is 6.32. The zero-order chi connectivity index (χ0) is 17.6. The number of para-hydroxylation sites is 1. The summed E-state index contributed by atoms with van der Waals surface area (Å²) in [6, 6.07) is 12.9. The molecule has 2 heterocycles. The Hall–Kier alpha value is -2.92. The molecule has 0 saturated heterocycles. The quantitative estimate of drug-likeness (QED) is 0.438. The van der Waals surface area contributed by atoms with Crippen molar-refractivity contribution in [2.45, 2.75) is 13.5 Å². The van der Waals surface area contributed by atoms with Gasteiger partial charge in [-0.3, -0.25) is 9.59 Å². The number of hydrogen-bond donors (Lipinski definition) is 1. The first-order chi connectivity index (χ1) is 12.0. The van der Waals surface area contributed by atoms with Gasteiger partial charge in [-0.25, -0.2) is 4.98 Å². The molecule has 0 spiro atoms. The molecule has 124 valence electrons. The number of ether oxygens (including phenoxy) is 1. The summed E-state index contributed by atoms with van der Waals surface area (Å²) in [5, 5.41) is 3.42. The van der Waals surface area contributed by atoms with E-state index in [9.17, 15) is 9.59 Å². The molecular weight excluding hydrogens is 340 g/mol. The third kappa shape index (κ3) is 2.62. The second-order valence-corrected chi connectivity index (χ2v) is 6.19. The van der Waals surface area contributed by atoms with Crippen molar-refractivity contribution >= 4 is 50.1 Å². The molecule has 0 amide bonds. The lowest BCUT2D eigenvalue weighted by Crippen LogP contribution is -2.12. The van der Waals surface area contributed by atoms with E-state index in [0.29, 0.717) is 21.6 Å². The van der Waals surface area contributed by atoms with Crippen LogP contribution in [0.4, 0.5) is 0 Å². The van der Waals surface area contributed by atoms with Crippen LogP contribution in [0.15, 0.2) is 47.3 Å². The second kappa shape index (κ2) is 5.86. The number of carbonyl (C=O) groups is 1. The van der Waals surface area contributed by atoms with Gasteiger partial charge in [0.25, 0.3) is 5.56 Å². The largest absolute Gasteiger partial charge is 0.459 e. The van der Waals surface area contributed by atoms with Crippen molar-refractivity contribution in [2.75, 3.05) is 0 Å². The number of benzene rings is 2. The van der Waals surface area contributed by atoms with Crippen LogP contribution in [0.1, 0.15) is 12.6 Å². The van der Waals surface area contributed by atoms with Gasteiger partial charge in [-0.1, -0.05) is 29.8 Å². The fraction of sp³-hybridized carbons (Fsp3) is 0.105. The molecule has 0 aliphatic rings. The summed E-state index contributed by atoms with van der Waals surface area (Å²) in [6.45, 7) is 1.26. The number of carbonyl (C=O) groups excluding carboxylic acids is 1. The molecule has 0 atom stereocenters. The Morgan fingerprint density at radius 3 is 2.76 bits per heavy atom. The van der Waals surface area contributed by atoms with Crippen LogP contribution in [-0.4, -0.2) is 15.9 Å². The maximum absolute atomic E-state index is 12.7. The lowest BCUT2D eigenvalue weighted by Gasteiger charge is -2.12. The number of nitrogens with one attached hydrogen (secondary N) is 1. The van der Waals surface area contributed by atoms with Crippen molar-refractivity contribution in [3.63, 3.8) is 0 Å². The first-order valence-corrected chi connectivity index (χ1v) is 8.08. The van der Waals surface area contributed by atoms with E-state index < -0.39 is 5.97 Å². The van der Waals surface area contributed by atoms with Crippen LogP contribution in [0.3, 0.4) is 0 Å². The van der Waals surface area contributed by atoms with Crippen LogP contribution in [0.25, 0.3) is 32.6 Å². The maximum Gasteiger partial charge on any atom is 0.303 e. The fourth-order valence-corrected chi connectivity index (χ4v) is 3.25. The summed E-state index contributed by atoms with van der Waals surface area (Å²) in [4.78, 5) is 31.3. The molecule has 6 heteroatoms. The molecule has 0 fully saturated rings. The molecule has 25 heavy (non-hydrogen) atoms. The Morgan fingerprint density at radius 1 is 1.16 bits per heavy atom. The van der Waals surface area contributed by atoms with Crippen LogP contribution >= 0.6 is 11.6 Å². The van der Waals surface area contributed by atoms with Crippen molar-refractivity contribution in [1.82, 2.24) is 9.97 Å². The molecule has 0 bridgehead atoms. The third-order valence-electron chi connectivity index (χ3n) is 4.11. The minimum absolute atomic E-state index is 0.0637. The Morgan fingerprint density at radius 2 is 1.96 bits per heavy atom. The fourth-order valence-electron chi connectivity index (χ4n) is 3.08. The topological polar surface area (TPSA) is 72.0 Å². The molecule has 0 radical (unpaired) electrons. The summed E-state index contributed by atoms with van der Waals surface area (Å²) in [5.74, 6) is -0.427. The summed E-state index contributed by atoms with van der Waals surface area (Å²) in [6.07, 6.45) is 0. The zero-order valence-corrected chi connectivity index (χ0v) is 14.1. The Labute approximate surface area is 147 Å². The van der Waals surface area contributed by atoms with E-state index in [1.165, 1.54) is 6.92 Å². The van der Waals surface area contributed by atoms with E-state index in [-0.39, 0.29) is 12.2 Å². The number of nitrogens with zero attached hydrogens (tertiary/aromatic N) is 1. The van der Waals surface area contributed by atoms with Crippen LogP contribution in [0, 0.1) is 0 Å². The number of aromatic nitrogens is 2. The van der Waals surface area contributed by atoms with Crippen molar-refractivity contribution in [3.05, 3.63) is 63.5 Å². The van der Waals surface area contributed by atoms with E-state index in [0.717, 1.165) is 21.7 Å². The molecule has 0 aliphatic carbocycles. The summed E-state index contributed by atoms with van der Waals surface area (Å²) in [7, 11) is 0. The van der Waals surface area contributed by atoms with Gasteiger partial charge in [-0.15, -0.1) is 0 Å². The number of halogens is 1. The smallest absolute Gasteiger partial charge is 0.303 e. The van der Waals surface area contributed by atoms with Gasteiger partial charge in [0.05, 0.1) is 16.6 Å². The molecule has 5 nitrogen and oxygen atoms in total. The molecule has 0 unspecified atom stereocenters. The van der Waals surface area contributed by atoms with Gasteiger partial charge in [0, 0.05) is 33.6 Å². The van der Waals surface area contributed by atoms with E-state index in [2.05, 4.69) is 9.97 Å². The Kier molecular flexibility index (Phi) is 3.66. The molecule has 4 aromatic rings. The van der Waals surface area contributed by atoms with Gasteiger partial charge in [0.2, 0.25) is 0 Å². The van der Waals surface area contributed by atoms with Crippen molar-refractivity contribution in [3.8, 4) is 0 Å². The molecule has 1 N–H and O–H groups in total. The molecule has 0 saturated carbocycles. The number of hydrogen-bond acceptors (Lipinski definition) is 4. The Balaban J connectivity index is 2.22.